The molecule has 1 N–H and O–H groups in total. The molecule has 0 bridgehead atoms. The zero-order valence-corrected chi connectivity index (χ0v) is 11.5. The molecule has 2 aromatic rings. The average molecular weight is 295 g/mol. The first-order valence-electron chi connectivity index (χ1n) is 6.68. The average Bonchev–Trinajstić information content (AvgIpc) is 2.92. The Labute approximate surface area is 121 Å². The lowest BCUT2D eigenvalue weighted by Gasteiger charge is -2.23. The molecule has 2 rings (SSSR count). The van der Waals surface area contributed by atoms with E-state index in [0.29, 0.717) is 12.1 Å². The van der Waals surface area contributed by atoms with Gasteiger partial charge in [-0.2, -0.15) is 13.2 Å². The second-order valence-electron chi connectivity index (χ2n) is 5.13. The van der Waals surface area contributed by atoms with Crippen molar-refractivity contribution in [2.75, 3.05) is 0 Å². The molecule has 0 radical (unpaired) electrons. The third kappa shape index (κ3) is 3.74. The van der Waals surface area contributed by atoms with Gasteiger partial charge in [0.1, 0.15) is 0 Å². The lowest BCUT2D eigenvalue weighted by molar-refractivity contribution is -0.174. The number of H-pyrrole nitrogens is 1. The summed E-state index contributed by atoms with van der Waals surface area (Å²) >= 11 is 0. The van der Waals surface area contributed by atoms with Crippen molar-refractivity contribution in [3.63, 3.8) is 0 Å². The first-order valence-corrected chi connectivity index (χ1v) is 6.68. The van der Waals surface area contributed by atoms with E-state index in [-0.39, 0.29) is 0 Å². The number of aromatic amines is 1. The molecule has 21 heavy (non-hydrogen) atoms. The Morgan fingerprint density at radius 3 is 2.33 bits per heavy atom. The summed E-state index contributed by atoms with van der Waals surface area (Å²) in [7, 11) is 0. The quantitative estimate of drug-likeness (QED) is 0.884. The summed E-state index contributed by atoms with van der Waals surface area (Å²) in [4.78, 5) is 14.5. The van der Waals surface area contributed by atoms with Gasteiger partial charge in [0.25, 0.3) is 0 Å². The molecule has 0 aliphatic heterocycles. The van der Waals surface area contributed by atoms with E-state index in [0.717, 1.165) is 5.56 Å². The molecule has 0 fully saturated rings. The summed E-state index contributed by atoms with van der Waals surface area (Å²) in [6.45, 7) is 1.67. The van der Waals surface area contributed by atoms with Crippen molar-refractivity contribution in [1.82, 2.24) is 4.98 Å². The number of ketones is 1. The van der Waals surface area contributed by atoms with Crippen molar-refractivity contribution in [3.8, 4) is 0 Å². The maximum absolute atomic E-state index is 12.8. The predicted octanol–water partition coefficient (Wildman–Crippen LogP) is 4.11. The number of carbonyl (C=O) groups excluding carboxylic acids is 1. The maximum atomic E-state index is 12.8. The summed E-state index contributed by atoms with van der Waals surface area (Å²) in [5, 5.41) is 0. The van der Waals surface area contributed by atoms with E-state index in [1.165, 1.54) is 12.3 Å². The fraction of sp³-hybridized carbons (Fsp3) is 0.312. The van der Waals surface area contributed by atoms with E-state index < -0.39 is 23.8 Å². The molecule has 0 spiro atoms. The number of halogens is 3. The highest BCUT2D eigenvalue weighted by atomic mass is 19.4. The Balaban J connectivity index is 2.25. The van der Waals surface area contributed by atoms with Crippen LogP contribution in [-0.2, 0) is 11.2 Å². The van der Waals surface area contributed by atoms with Crippen molar-refractivity contribution in [3.05, 3.63) is 59.9 Å². The standard InChI is InChI=1S/C16H16F3NO/c1-11(10-12-6-3-2-4-7-12)14(13-8-5-9-20-13)15(21)16(17,18)19/h2-9,11,14,20H,10H2,1H3. The van der Waals surface area contributed by atoms with Crippen LogP contribution in [0.4, 0.5) is 13.2 Å². The van der Waals surface area contributed by atoms with Gasteiger partial charge in [-0.05, 0) is 30.0 Å². The van der Waals surface area contributed by atoms with Gasteiger partial charge >= 0.3 is 6.18 Å². The van der Waals surface area contributed by atoms with Gasteiger partial charge in [-0.1, -0.05) is 37.3 Å². The highest BCUT2D eigenvalue weighted by molar-refractivity contribution is 5.90. The van der Waals surface area contributed by atoms with E-state index >= 15 is 0 Å². The van der Waals surface area contributed by atoms with Gasteiger partial charge in [-0.3, -0.25) is 4.79 Å². The second kappa shape index (κ2) is 6.16. The Morgan fingerprint density at radius 2 is 1.81 bits per heavy atom. The van der Waals surface area contributed by atoms with Crippen LogP contribution < -0.4 is 0 Å². The van der Waals surface area contributed by atoms with E-state index in [1.807, 2.05) is 30.3 Å². The van der Waals surface area contributed by atoms with Crippen LogP contribution in [-0.4, -0.2) is 16.9 Å². The highest BCUT2D eigenvalue weighted by Gasteiger charge is 2.46. The first kappa shape index (κ1) is 15.4. The topological polar surface area (TPSA) is 32.9 Å². The number of alkyl halides is 3. The molecule has 112 valence electrons. The Hall–Kier alpha value is -2.04. The van der Waals surface area contributed by atoms with Crippen LogP contribution in [0, 0.1) is 5.92 Å². The number of nitrogens with one attached hydrogen (secondary N) is 1. The number of rotatable bonds is 5. The number of aromatic nitrogens is 1. The minimum absolute atomic E-state index is 0.306. The van der Waals surface area contributed by atoms with E-state index in [4.69, 9.17) is 0 Å². The van der Waals surface area contributed by atoms with Gasteiger partial charge in [0.15, 0.2) is 0 Å². The molecule has 1 aromatic heterocycles. The van der Waals surface area contributed by atoms with Gasteiger partial charge in [0.2, 0.25) is 5.78 Å². The van der Waals surface area contributed by atoms with Crippen molar-refractivity contribution < 1.29 is 18.0 Å². The Morgan fingerprint density at radius 1 is 1.14 bits per heavy atom. The monoisotopic (exact) mass is 295 g/mol. The van der Waals surface area contributed by atoms with Crippen molar-refractivity contribution in [2.24, 2.45) is 5.92 Å². The lowest BCUT2D eigenvalue weighted by atomic mass is 9.83. The molecule has 1 heterocycles. The van der Waals surface area contributed by atoms with Crippen LogP contribution in [0.2, 0.25) is 0 Å². The second-order valence-corrected chi connectivity index (χ2v) is 5.13. The largest absolute Gasteiger partial charge is 0.450 e. The highest BCUT2D eigenvalue weighted by Crippen LogP contribution is 2.34. The number of Topliss-reactive ketones (excluding diaryl/α,β-unsaturated/α-hetero) is 1. The van der Waals surface area contributed by atoms with Gasteiger partial charge in [-0.15, -0.1) is 0 Å². The van der Waals surface area contributed by atoms with E-state index in [9.17, 15) is 18.0 Å². The summed E-state index contributed by atoms with van der Waals surface area (Å²) in [6.07, 6.45) is -2.89. The van der Waals surface area contributed by atoms with Gasteiger partial charge in [-0.25, -0.2) is 0 Å². The SMILES string of the molecule is CC(Cc1ccccc1)C(C(=O)C(F)(F)F)c1ccc[nH]1. The number of hydrogen-bond donors (Lipinski definition) is 1. The zero-order chi connectivity index (χ0) is 15.5. The summed E-state index contributed by atoms with van der Waals surface area (Å²) in [5.74, 6) is -3.37. The molecular weight excluding hydrogens is 279 g/mol. The molecule has 0 saturated heterocycles. The molecule has 5 heteroatoms. The number of benzene rings is 1. The molecule has 2 atom stereocenters. The minimum Gasteiger partial charge on any atom is -0.364 e. The number of carbonyl (C=O) groups is 1. The van der Waals surface area contributed by atoms with Crippen LogP contribution in [0.15, 0.2) is 48.7 Å². The molecule has 0 aliphatic rings. The van der Waals surface area contributed by atoms with E-state index in [1.54, 1.807) is 13.0 Å². The zero-order valence-electron chi connectivity index (χ0n) is 11.5. The first-order chi connectivity index (χ1) is 9.89. The van der Waals surface area contributed by atoms with Crippen LogP contribution in [0.3, 0.4) is 0 Å². The molecule has 1 aromatic carbocycles. The van der Waals surface area contributed by atoms with E-state index in [2.05, 4.69) is 4.98 Å². The third-order valence-corrected chi connectivity index (χ3v) is 3.49. The lowest BCUT2D eigenvalue weighted by Crippen LogP contribution is -2.33. The van der Waals surface area contributed by atoms with Crippen LogP contribution in [0.5, 0.6) is 0 Å². The van der Waals surface area contributed by atoms with Crippen molar-refractivity contribution in [1.29, 1.82) is 0 Å². The Bertz CT molecular complexity index is 575. The molecule has 0 saturated carbocycles. The van der Waals surface area contributed by atoms with Crippen molar-refractivity contribution >= 4 is 5.78 Å². The molecule has 0 amide bonds. The van der Waals surface area contributed by atoms with Gasteiger partial charge in [0.05, 0.1) is 5.92 Å². The predicted molar refractivity (Wildman–Crippen MR) is 73.9 cm³/mol. The van der Waals surface area contributed by atoms with Gasteiger partial charge in [0, 0.05) is 11.9 Å². The molecule has 2 unspecified atom stereocenters. The minimum atomic E-state index is -4.83. The normalized spacial score (nSPS) is 14.7. The smallest absolute Gasteiger partial charge is 0.364 e. The van der Waals surface area contributed by atoms with Crippen LogP contribution in [0.1, 0.15) is 24.1 Å². The van der Waals surface area contributed by atoms with Crippen LogP contribution >= 0.6 is 0 Å². The maximum Gasteiger partial charge on any atom is 0.450 e. The molecule has 0 aliphatic carbocycles. The van der Waals surface area contributed by atoms with Crippen LogP contribution in [0.25, 0.3) is 0 Å². The fourth-order valence-corrected chi connectivity index (χ4v) is 2.52. The van der Waals surface area contributed by atoms with Crippen molar-refractivity contribution in [2.45, 2.75) is 25.4 Å². The number of hydrogen-bond acceptors (Lipinski definition) is 1. The molecular formula is C16H16F3NO. The summed E-state index contributed by atoms with van der Waals surface area (Å²) in [5.41, 5.74) is 1.22. The fourth-order valence-electron chi connectivity index (χ4n) is 2.52. The summed E-state index contributed by atoms with van der Waals surface area (Å²) < 4.78 is 38.5. The van der Waals surface area contributed by atoms with Gasteiger partial charge < -0.3 is 4.98 Å². The molecule has 2 nitrogen and oxygen atoms in total. The third-order valence-electron chi connectivity index (χ3n) is 3.49. The Kier molecular flexibility index (Phi) is 4.50. The summed E-state index contributed by atoms with van der Waals surface area (Å²) in [6, 6.07) is 12.3.